The standard InChI is InChI=1S/C30H31F3N4O4S/c1-19(21-7-3-2-4-8-21)15-16-37(29(39)30(31,32)33)25(28-34-23-9-5-6-10-24(23)35-28)17-20-11-13-22(14-12-20)26-18-27(38)36-42(26,40)41/h2-14,19,25-26,40-41H,15-18H2,1H3,(H,34,35)(H,36,38)/t19?,25-,26?/m0/s1. The van der Waals surface area contributed by atoms with Crippen LogP contribution in [0.2, 0.25) is 0 Å². The first-order valence-corrected chi connectivity index (χ1v) is 15.1. The van der Waals surface area contributed by atoms with Crippen molar-refractivity contribution < 1.29 is 31.9 Å². The average molecular weight is 601 g/mol. The van der Waals surface area contributed by atoms with Crippen molar-refractivity contribution in [3.63, 3.8) is 0 Å². The van der Waals surface area contributed by atoms with E-state index in [1.165, 1.54) is 0 Å². The first kappa shape index (κ1) is 29.6. The summed E-state index contributed by atoms with van der Waals surface area (Å²) in [5.74, 6) is -2.30. The predicted molar refractivity (Wildman–Crippen MR) is 155 cm³/mol. The van der Waals surface area contributed by atoms with Gasteiger partial charge in [0.15, 0.2) is 0 Å². The maximum Gasteiger partial charge on any atom is 0.471 e. The van der Waals surface area contributed by atoms with Crippen LogP contribution in [0.25, 0.3) is 11.0 Å². The number of fused-ring (bicyclic) bond motifs is 1. The molecule has 0 spiro atoms. The maximum absolute atomic E-state index is 14.0. The Bertz CT molecular complexity index is 1530. The van der Waals surface area contributed by atoms with E-state index in [4.69, 9.17) is 0 Å². The van der Waals surface area contributed by atoms with Crippen molar-refractivity contribution >= 4 is 33.6 Å². The van der Waals surface area contributed by atoms with Gasteiger partial charge < -0.3 is 9.88 Å². The molecule has 0 aliphatic carbocycles. The van der Waals surface area contributed by atoms with Gasteiger partial charge in [0.1, 0.15) is 11.1 Å². The molecule has 1 aliphatic heterocycles. The number of nitrogens with zero attached hydrogens (tertiary/aromatic N) is 2. The lowest BCUT2D eigenvalue weighted by Crippen LogP contribution is -2.45. The van der Waals surface area contributed by atoms with Crippen molar-refractivity contribution in [3.05, 3.63) is 101 Å². The first-order valence-electron chi connectivity index (χ1n) is 13.5. The van der Waals surface area contributed by atoms with E-state index in [-0.39, 0.29) is 31.1 Å². The van der Waals surface area contributed by atoms with Crippen molar-refractivity contribution in [2.24, 2.45) is 0 Å². The fourth-order valence-corrected chi connectivity index (χ4v) is 6.77. The number of imidazole rings is 1. The van der Waals surface area contributed by atoms with Gasteiger partial charge in [-0.25, -0.2) is 4.98 Å². The average Bonchev–Trinajstić information content (AvgIpc) is 3.51. The van der Waals surface area contributed by atoms with Crippen molar-refractivity contribution in [3.8, 4) is 0 Å². The molecule has 8 nitrogen and oxygen atoms in total. The fraction of sp³-hybridized carbons (Fsp3) is 0.300. The van der Waals surface area contributed by atoms with E-state index in [9.17, 15) is 31.9 Å². The quantitative estimate of drug-likeness (QED) is 0.171. The minimum atomic E-state index is -5.10. The monoisotopic (exact) mass is 600 g/mol. The smallest absolute Gasteiger partial charge is 0.340 e. The lowest BCUT2D eigenvalue weighted by Gasteiger charge is -2.33. The summed E-state index contributed by atoms with van der Waals surface area (Å²) in [6.07, 6.45) is -4.88. The van der Waals surface area contributed by atoms with Gasteiger partial charge in [-0.2, -0.15) is 13.2 Å². The lowest BCUT2D eigenvalue weighted by molar-refractivity contribution is -0.188. The summed E-state index contributed by atoms with van der Waals surface area (Å²) in [5, 5.41) is -0.826. The number of H-pyrrole nitrogens is 1. The van der Waals surface area contributed by atoms with Crippen LogP contribution >= 0.6 is 10.8 Å². The zero-order chi connectivity index (χ0) is 30.1. The Balaban J connectivity index is 1.48. The molecule has 0 bridgehead atoms. The van der Waals surface area contributed by atoms with E-state index < -0.39 is 40.1 Å². The zero-order valence-electron chi connectivity index (χ0n) is 22.7. The number of hydrogen-bond acceptors (Lipinski definition) is 5. The largest absolute Gasteiger partial charge is 0.471 e. The number of benzene rings is 3. The molecule has 5 rings (SSSR count). The van der Waals surface area contributed by atoms with Crippen LogP contribution in [0.15, 0.2) is 78.9 Å². The molecule has 2 heterocycles. The van der Waals surface area contributed by atoms with E-state index in [0.717, 1.165) is 10.5 Å². The molecule has 1 saturated heterocycles. The molecule has 4 aromatic rings. The zero-order valence-corrected chi connectivity index (χ0v) is 23.5. The van der Waals surface area contributed by atoms with Gasteiger partial charge in [-0.1, -0.05) is 73.7 Å². The molecule has 12 heteroatoms. The van der Waals surface area contributed by atoms with Gasteiger partial charge >= 0.3 is 12.1 Å². The maximum atomic E-state index is 14.0. The Morgan fingerprint density at radius 3 is 2.33 bits per heavy atom. The second-order valence-corrected chi connectivity index (χ2v) is 12.5. The number of aromatic amines is 1. The highest BCUT2D eigenvalue weighted by Gasteiger charge is 2.45. The number of carbonyl (C=O) groups is 2. The molecule has 3 atom stereocenters. The second-order valence-electron chi connectivity index (χ2n) is 10.5. The normalized spacial score (nSPS) is 18.8. The molecule has 0 radical (unpaired) electrons. The molecule has 42 heavy (non-hydrogen) atoms. The van der Waals surface area contributed by atoms with Crippen LogP contribution in [0.4, 0.5) is 13.2 Å². The SMILES string of the molecule is CC(CCN(C(=O)C(F)(F)F)[C@@H](Cc1ccc(C2CC(=O)NS2(O)O)cc1)c1nc2ccccc2[nH]1)c1ccccc1. The number of rotatable bonds is 9. The van der Waals surface area contributed by atoms with Crippen LogP contribution in [0, 0.1) is 0 Å². The minimum Gasteiger partial charge on any atom is -0.340 e. The number of para-hydroxylation sites is 2. The third-order valence-electron chi connectivity index (χ3n) is 7.59. The summed E-state index contributed by atoms with van der Waals surface area (Å²) in [5.41, 5.74) is 3.27. The number of aromatic nitrogens is 2. The Morgan fingerprint density at radius 2 is 1.71 bits per heavy atom. The molecular weight excluding hydrogens is 569 g/mol. The topological polar surface area (TPSA) is 119 Å². The van der Waals surface area contributed by atoms with Gasteiger partial charge in [0.05, 0.1) is 23.5 Å². The third-order valence-corrected chi connectivity index (χ3v) is 9.35. The summed E-state index contributed by atoms with van der Waals surface area (Å²) < 4.78 is 64.7. The minimum absolute atomic E-state index is 0.0136. The van der Waals surface area contributed by atoms with Crippen molar-refractivity contribution in [2.75, 3.05) is 6.54 Å². The number of halogens is 3. The highest BCUT2D eigenvalue weighted by atomic mass is 32.3. The Morgan fingerprint density at radius 1 is 1.05 bits per heavy atom. The molecule has 3 aromatic carbocycles. The lowest BCUT2D eigenvalue weighted by atomic mass is 9.96. The van der Waals surface area contributed by atoms with E-state index in [1.807, 2.05) is 37.3 Å². The van der Waals surface area contributed by atoms with Gasteiger partial charge in [-0.05, 0) is 41.2 Å². The molecule has 0 saturated carbocycles. The summed E-state index contributed by atoms with van der Waals surface area (Å²) in [7, 11) is -3.35. The van der Waals surface area contributed by atoms with Crippen LogP contribution in [0.3, 0.4) is 0 Å². The summed E-state index contributed by atoms with van der Waals surface area (Å²) >= 11 is 0. The second kappa shape index (κ2) is 11.8. The Hall–Kier alpha value is -3.87. The number of nitrogens with one attached hydrogen (secondary N) is 2. The van der Waals surface area contributed by atoms with Gasteiger partial charge in [0.25, 0.3) is 0 Å². The number of hydrogen-bond donors (Lipinski definition) is 4. The van der Waals surface area contributed by atoms with E-state index >= 15 is 0 Å². The van der Waals surface area contributed by atoms with Crippen LogP contribution in [0.1, 0.15) is 59.5 Å². The summed E-state index contributed by atoms with van der Waals surface area (Å²) in [6.45, 7) is 1.75. The Kier molecular flexibility index (Phi) is 8.31. The molecule has 1 aromatic heterocycles. The molecular formula is C30H31F3N4O4S. The predicted octanol–water partition coefficient (Wildman–Crippen LogP) is 6.66. The third kappa shape index (κ3) is 6.45. The van der Waals surface area contributed by atoms with Crippen LogP contribution in [-0.2, 0) is 16.0 Å². The van der Waals surface area contributed by atoms with E-state index in [0.29, 0.717) is 28.6 Å². The van der Waals surface area contributed by atoms with Crippen molar-refractivity contribution in [1.29, 1.82) is 0 Å². The molecule has 1 aliphatic rings. The molecule has 1 fully saturated rings. The Labute approximate surface area is 242 Å². The van der Waals surface area contributed by atoms with Crippen LogP contribution in [-0.4, -0.2) is 48.5 Å². The molecule has 2 amide bonds. The van der Waals surface area contributed by atoms with Gasteiger partial charge in [-0.3, -0.25) is 23.4 Å². The van der Waals surface area contributed by atoms with Gasteiger partial charge in [0, 0.05) is 13.0 Å². The van der Waals surface area contributed by atoms with Gasteiger partial charge in [-0.15, -0.1) is 10.8 Å². The summed E-state index contributed by atoms with van der Waals surface area (Å²) in [4.78, 5) is 33.2. The molecule has 222 valence electrons. The number of carbonyl (C=O) groups excluding carboxylic acids is 2. The fourth-order valence-electron chi connectivity index (χ4n) is 5.29. The van der Waals surface area contributed by atoms with E-state index in [2.05, 4.69) is 14.7 Å². The highest BCUT2D eigenvalue weighted by molar-refractivity contribution is 8.23. The number of amides is 2. The van der Waals surface area contributed by atoms with Gasteiger partial charge in [0.2, 0.25) is 5.91 Å². The van der Waals surface area contributed by atoms with Crippen molar-refractivity contribution in [2.45, 2.75) is 49.6 Å². The first-order chi connectivity index (χ1) is 19.9. The molecule has 2 unspecified atom stereocenters. The molecule has 4 N–H and O–H groups in total. The highest BCUT2D eigenvalue weighted by Crippen LogP contribution is 2.56. The van der Waals surface area contributed by atoms with Crippen LogP contribution in [0.5, 0.6) is 0 Å². The van der Waals surface area contributed by atoms with E-state index in [1.54, 1.807) is 48.5 Å². The van der Waals surface area contributed by atoms with Crippen molar-refractivity contribution in [1.82, 2.24) is 19.6 Å². The van der Waals surface area contributed by atoms with Crippen LogP contribution < -0.4 is 4.72 Å². The summed E-state index contributed by atoms with van der Waals surface area (Å²) in [6, 6.07) is 21.9. The number of alkyl halides is 3.